The van der Waals surface area contributed by atoms with Crippen molar-refractivity contribution in [1.29, 1.82) is 0 Å². The van der Waals surface area contributed by atoms with E-state index in [4.69, 9.17) is 5.73 Å². The van der Waals surface area contributed by atoms with Crippen LogP contribution in [0.3, 0.4) is 0 Å². The first-order chi connectivity index (χ1) is 5.52. The molecular formula is C9H10FNO. The lowest BCUT2D eigenvalue weighted by Gasteiger charge is -2.04. The molecule has 3 heteroatoms. The summed E-state index contributed by atoms with van der Waals surface area (Å²) in [5.41, 5.74) is 6.43. The number of ketones is 1. The van der Waals surface area contributed by atoms with Crippen LogP contribution >= 0.6 is 0 Å². The first kappa shape index (κ1) is 8.71. The number of nitrogen functional groups attached to an aromatic ring is 1. The lowest BCUT2D eigenvalue weighted by atomic mass is 10.0. The zero-order valence-corrected chi connectivity index (χ0v) is 7.02. The smallest absolute Gasteiger partial charge is 0.163 e. The van der Waals surface area contributed by atoms with Crippen molar-refractivity contribution in [2.45, 2.75) is 13.8 Å². The van der Waals surface area contributed by atoms with Crippen molar-refractivity contribution in [2.24, 2.45) is 0 Å². The van der Waals surface area contributed by atoms with Crippen LogP contribution < -0.4 is 5.73 Å². The fourth-order valence-electron chi connectivity index (χ4n) is 1.22. The van der Waals surface area contributed by atoms with Crippen molar-refractivity contribution in [2.75, 3.05) is 5.73 Å². The Balaban J connectivity index is 3.38. The maximum atomic E-state index is 13.1. The molecule has 0 aliphatic heterocycles. The maximum absolute atomic E-state index is 13.1. The van der Waals surface area contributed by atoms with Gasteiger partial charge < -0.3 is 5.73 Å². The molecule has 0 amide bonds. The zero-order chi connectivity index (χ0) is 9.30. The third kappa shape index (κ3) is 1.44. The second-order valence-corrected chi connectivity index (χ2v) is 2.75. The summed E-state index contributed by atoms with van der Waals surface area (Å²) in [7, 11) is 0. The number of hydrogen-bond donors (Lipinski definition) is 1. The van der Waals surface area contributed by atoms with Crippen LogP contribution in [0.15, 0.2) is 12.1 Å². The zero-order valence-electron chi connectivity index (χ0n) is 7.02. The molecule has 2 N–H and O–H groups in total. The molecule has 0 atom stereocenters. The van der Waals surface area contributed by atoms with Crippen LogP contribution in [-0.2, 0) is 0 Å². The summed E-state index contributed by atoms with van der Waals surface area (Å²) >= 11 is 0. The second kappa shape index (κ2) is 2.93. The molecule has 1 rings (SSSR count). The van der Waals surface area contributed by atoms with Gasteiger partial charge in [0.05, 0.1) is 5.56 Å². The molecule has 0 unspecified atom stereocenters. The van der Waals surface area contributed by atoms with Crippen LogP contribution in [0, 0.1) is 12.7 Å². The summed E-state index contributed by atoms with van der Waals surface area (Å²) in [6.07, 6.45) is 0. The molecule has 0 spiro atoms. The predicted octanol–water partition coefficient (Wildman–Crippen LogP) is 1.92. The fraction of sp³-hybridized carbons (Fsp3) is 0.222. The number of benzene rings is 1. The van der Waals surface area contributed by atoms with Crippen molar-refractivity contribution in [3.8, 4) is 0 Å². The number of carbonyl (C=O) groups is 1. The van der Waals surface area contributed by atoms with Crippen LogP contribution in [0.25, 0.3) is 0 Å². The summed E-state index contributed by atoms with van der Waals surface area (Å²) in [6.45, 7) is 3.00. The molecule has 0 radical (unpaired) electrons. The number of anilines is 1. The summed E-state index contributed by atoms with van der Waals surface area (Å²) in [6, 6.07) is 2.74. The maximum Gasteiger partial charge on any atom is 0.163 e. The average molecular weight is 167 g/mol. The first-order valence-corrected chi connectivity index (χ1v) is 3.59. The van der Waals surface area contributed by atoms with Crippen molar-refractivity contribution in [1.82, 2.24) is 0 Å². The Hall–Kier alpha value is -1.38. The normalized spacial score (nSPS) is 9.92. The first-order valence-electron chi connectivity index (χ1n) is 3.59. The van der Waals surface area contributed by atoms with E-state index in [2.05, 4.69) is 0 Å². The van der Waals surface area contributed by atoms with Crippen molar-refractivity contribution in [3.63, 3.8) is 0 Å². The molecule has 0 aliphatic rings. The number of aryl methyl sites for hydroxylation is 1. The lowest BCUT2D eigenvalue weighted by Crippen LogP contribution is -2.02. The van der Waals surface area contributed by atoms with Gasteiger partial charge in [0.2, 0.25) is 0 Å². The molecule has 0 saturated carbocycles. The summed E-state index contributed by atoms with van der Waals surface area (Å²) < 4.78 is 13.1. The molecule has 0 aliphatic carbocycles. The van der Waals surface area contributed by atoms with Gasteiger partial charge in [0.1, 0.15) is 5.82 Å². The highest BCUT2D eigenvalue weighted by Crippen LogP contribution is 2.17. The largest absolute Gasteiger partial charge is 0.399 e. The van der Waals surface area contributed by atoms with E-state index in [1.54, 1.807) is 13.0 Å². The highest BCUT2D eigenvalue weighted by molar-refractivity contribution is 5.96. The van der Waals surface area contributed by atoms with Crippen molar-refractivity contribution >= 4 is 11.5 Å². The van der Waals surface area contributed by atoms with Gasteiger partial charge in [0.25, 0.3) is 0 Å². The number of nitrogens with two attached hydrogens (primary N) is 1. The minimum atomic E-state index is -0.542. The van der Waals surface area contributed by atoms with E-state index in [9.17, 15) is 9.18 Å². The molecule has 0 saturated heterocycles. The minimum absolute atomic E-state index is 0.129. The van der Waals surface area contributed by atoms with Crippen molar-refractivity contribution < 1.29 is 9.18 Å². The van der Waals surface area contributed by atoms with Gasteiger partial charge in [-0.25, -0.2) is 4.39 Å². The number of hydrogen-bond acceptors (Lipinski definition) is 2. The van der Waals surface area contributed by atoms with E-state index < -0.39 is 5.82 Å². The molecule has 0 bridgehead atoms. The van der Waals surface area contributed by atoms with Gasteiger partial charge in [-0.05, 0) is 31.5 Å². The van der Waals surface area contributed by atoms with Gasteiger partial charge in [-0.3, -0.25) is 4.79 Å². The fourth-order valence-corrected chi connectivity index (χ4v) is 1.22. The number of carbonyl (C=O) groups excluding carboxylic acids is 1. The van der Waals surface area contributed by atoms with Gasteiger partial charge in [0.15, 0.2) is 5.78 Å². The van der Waals surface area contributed by atoms with Gasteiger partial charge in [0, 0.05) is 5.69 Å². The van der Waals surface area contributed by atoms with Gasteiger partial charge >= 0.3 is 0 Å². The van der Waals surface area contributed by atoms with Crippen molar-refractivity contribution in [3.05, 3.63) is 29.1 Å². The Labute approximate surface area is 70.2 Å². The van der Waals surface area contributed by atoms with Crippen LogP contribution in [0.1, 0.15) is 22.8 Å². The third-order valence-corrected chi connectivity index (χ3v) is 1.66. The van der Waals surface area contributed by atoms with E-state index >= 15 is 0 Å². The Bertz CT molecular complexity index is 310. The third-order valence-electron chi connectivity index (χ3n) is 1.66. The Morgan fingerprint density at radius 3 is 2.50 bits per heavy atom. The molecular weight excluding hydrogens is 157 g/mol. The molecule has 0 heterocycles. The summed E-state index contributed by atoms with van der Waals surface area (Å²) in [5.74, 6) is -0.815. The van der Waals surface area contributed by atoms with Crippen LogP contribution in [0.4, 0.5) is 10.1 Å². The summed E-state index contributed by atoms with van der Waals surface area (Å²) in [5, 5.41) is 0. The molecule has 12 heavy (non-hydrogen) atoms. The van der Waals surface area contributed by atoms with E-state index in [-0.39, 0.29) is 11.3 Å². The van der Waals surface area contributed by atoms with E-state index in [0.717, 1.165) is 6.07 Å². The standard InChI is InChI=1S/C9H10FNO/c1-5-3-7(11)4-8(10)9(5)6(2)12/h3-4H,11H2,1-2H3. The van der Waals surface area contributed by atoms with E-state index in [1.807, 2.05) is 0 Å². The van der Waals surface area contributed by atoms with Crippen LogP contribution in [-0.4, -0.2) is 5.78 Å². The number of rotatable bonds is 1. The van der Waals surface area contributed by atoms with Gasteiger partial charge in [-0.1, -0.05) is 0 Å². The predicted molar refractivity (Wildman–Crippen MR) is 45.6 cm³/mol. The molecule has 64 valence electrons. The molecule has 0 aromatic heterocycles. The van der Waals surface area contributed by atoms with Gasteiger partial charge in [-0.2, -0.15) is 0 Å². The average Bonchev–Trinajstić information content (AvgIpc) is 1.82. The SMILES string of the molecule is CC(=O)c1c(C)cc(N)cc1F. The highest BCUT2D eigenvalue weighted by Gasteiger charge is 2.10. The highest BCUT2D eigenvalue weighted by atomic mass is 19.1. The van der Waals surface area contributed by atoms with Gasteiger partial charge in [-0.15, -0.1) is 0 Å². The van der Waals surface area contributed by atoms with E-state index in [1.165, 1.54) is 6.92 Å². The minimum Gasteiger partial charge on any atom is -0.399 e. The van der Waals surface area contributed by atoms with Crippen LogP contribution in [0.5, 0.6) is 0 Å². The molecule has 1 aromatic carbocycles. The monoisotopic (exact) mass is 167 g/mol. The topological polar surface area (TPSA) is 43.1 Å². The molecule has 1 aromatic rings. The Kier molecular flexibility index (Phi) is 2.13. The Morgan fingerprint density at radius 2 is 2.08 bits per heavy atom. The number of Topliss-reactive ketones (excluding diaryl/α,β-unsaturated/α-hetero) is 1. The number of halogens is 1. The van der Waals surface area contributed by atoms with E-state index in [0.29, 0.717) is 11.3 Å². The lowest BCUT2D eigenvalue weighted by molar-refractivity contribution is 0.101. The molecule has 0 fully saturated rings. The molecule has 2 nitrogen and oxygen atoms in total. The summed E-state index contributed by atoms with van der Waals surface area (Å²) in [4.78, 5) is 10.9. The van der Waals surface area contributed by atoms with Crippen LogP contribution in [0.2, 0.25) is 0 Å². The Morgan fingerprint density at radius 1 is 1.50 bits per heavy atom. The second-order valence-electron chi connectivity index (χ2n) is 2.75. The quantitative estimate of drug-likeness (QED) is 0.513.